The lowest BCUT2D eigenvalue weighted by Crippen LogP contribution is -2.37. The molecule has 1 aliphatic carbocycles. The average Bonchev–Trinajstić information content (AvgIpc) is 3.63. The maximum Gasteiger partial charge on any atom is 0.270 e. The van der Waals surface area contributed by atoms with Gasteiger partial charge in [0.25, 0.3) is 5.91 Å². The van der Waals surface area contributed by atoms with Crippen molar-refractivity contribution in [3.63, 3.8) is 0 Å². The molecule has 1 aromatic carbocycles. The van der Waals surface area contributed by atoms with Gasteiger partial charge in [-0.3, -0.25) is 9.59 Å². The summed E-state index contributed by atoms with van der Waals surface area (Å²) in [6.45, 7) is 5.64. The van der Waals surface area contributed by atoms with Crippen molar-refractivity contribution < 1.29 is 14.0 Å². The van der Waals surface area contributed by atoms with Crippen molar-refractivity contribution >= 4 is 28.7 Å². The summed E-state index contributed by atoms with van der Waals surface area (Å²) >= 11 is 0. The normalized spacial score (nSPS) is 16.9. The maximum atomic E-state index is 14.4. The van der Waals surface area contributed by atoms with Crippen molar-refractivity contribution in [2.24, 2.45) is 5.92 Å². The summed E-state index contributed by atoms with van der Waals surface area (Å²) in [5.74, 6) is -0.00983. The summed E-state index contributed by atoms with van der Waals surface area (Å²) in [5, 5.41) is 11.2. The van der Waals surface area contributed by atoms with E-state index in [0.717, 1.165) is 12.8 Å². The Morgan fingerprint density at radius 3 is 2.76 bits per heavy atom. The molecule has 2 N–H and O–H groups in total. The number of nitrogens with one attached hydrogen (secondary N) is 2. The van der Waals surface area contributed by atoms with Gasteiger partial charge < -0.3 is 10.6 Å². The Bertz CT molecular complexity index is 1570. The van der Waals surface area contributed by atoms with Crippen LogP contribution in [0.1, 0.15) is 55.2 Å². The lowest BCUT2D eigenvalue weighted by atomic mass is 9.85. The minimum Gasteiger partial charge on any atom is -0.348 e. The van der Waals surface area contributed by atoms with E-state index in [9.17, 15) is 14.0 Å². The van der Waals surface area contributed by atoms with E-state index in [1.807, 2.05) is 13.0 Å². The van der Waals surface area contributed by atoms with Gasteiger partial charge in [-0.15, -0.1) is 0 Å². The molecule has 1 fully saturated rings. The second-order valence-corrected chi connectivity index (χ2v) is 10.3. The van der Waals surface area contributed by atoms with Crippen LogP contribution in [-0.2, 0) is 16.8 Å². The Morgan fingerprint density at radius 1 is 1.22 bits per heavy atom. The summed E-state index contributed by atoms with van der Waals surface area (Å²) < 4.78 is 16.0. The van der Waals surface area contributed by atoms with Crippen LogP contribution in [0, 0.1) is 11.7 Å². The minimum absolute atomic E-state index is 0.000233. The van der Waals surface area contributed by atoms with Gasteiger partial charge in [-0.05, 0) is 57.7 Å². The zero-order chi connectivity index (χ0) is 25.9. The molecular weight excluding hydrogens is 473 g/mol. The molecule has 4 aromatic rings. The largest absolute Gasteiger partial charge is 0.348 e. The van der Waals surface area contributed by atoms with E-state index in [1.165, 1.54) is 6.07 Å². The summed E-state index contributed by atoms with van der Waals surface area (Å²) in [7, 11) is 0. The second-order valence-electron chi connectivity index (χ2n) is 10.3. The fourth-order valence-electron chi connectivity index (χ4n) is 4.85. The summed E-state index contributed by atoms with van der Waals surface area (Å²) in [5.41, 5.74) is 1.03. The van der Waals surface area contributed by atoms with Gasteiger partial charge in [0.2, 0.25) is 5.91 Å². The molecular formula is C27H26FN7O2. The first kappa shape index (κ1) is 23.2. The number of carbonyl (C=O) groups is 2. The van der Waals surface area contributed by atoms with Crippen LogP contribution in [0.3, 0.4) is 0 Å². The van der Waals surface area contributed by atoms with Gasteiger partial charge in [0.1, 0.15) is 23.0 Å². The van der Waals surface area contributed by atoms with Crippen LogP contribution in [0.2, 0.25) is 0 Å². The highest BCUT2D eigenvalue weighted by Crippen LogP contribution is 2.40. The number of pyridine rings is 1. The molecule has 37 heavy (non-hydrogen) atoms. The second kappa shape index (κ2) is 8.43. The van der Waals surface area contributed by atoms with E-state index in [1.54, 1.807) is 49.0 Å². The van der Waals surface area contributed by atoms with Crippen molar-refractivity contribution in [3.8, 4) is 11.5 Å². The minimum atomic E-state index is -0.975. The molecule has 0 saturated heterocycles. The molecule has 188 valence electrons. The topological polar surface area (TPSA) is 115 Å². The summed E-state index contributed by atoms with van der Waals surface area (Å²) in [4.78, 5) is 40.0. The Kier molecular flexibility index (Phi) is 5.29. The quantitative estimate of drug-likeness (QED) is 0.417. The van der Waals surface area contributed by atoms with Crippen LogP contribution < -0.4 is 10.6 Å². The van der Waals surface area contributed by atoms with E-state index in [4.69, 9.17) is 5.10 Å². The molecule has 2 aliphatic rings. The predicted molar refractivity (Wildman–Crippen MR) is 135 cm³/mol. The highest BCUT2D eigenvalue weighted by molar-refractivity contribution is 6.09. The Balaban J connectivity index is 1.49. The first-order chi connectivity index (χ1) is 17.7. The Labute approximate surface area is 212 Å². The van der Waals surface area contributed by atoms with Crippen molar-refractivity contribution in [2.45, 2.75) is 51.6 Å². The summed E-state index contributed by atoms with van der Waals surface area (Å²) in [6.07, 6.45) is 3.80. The zero-order valence-corrected chi connectivity index (χ0v) is 20.7. The van der Waals surface area contributed by atoms with Crippen molar-refractivity contribution in [2.75, 3.05) is 5.32 Å². The van der Waals surface area contributed by atoms with Crippen LogP contribution in [-0.4, -0.2) is 42.6 Å². The fourth-order valence-corrected chi connectivity index (χ4v) is 4.85. The van der Waals surface area contributed by atoms with Gasteiger partial charge in [0, 0.05) is 23.4 Å². The van der Waals surface area contributed by atoms with Gasteiger partial charge in [0.05, 0.1) is 17.3 Å². The van der Waals surface area contributed by atoms with E-state index in [0.29, 0.717) is 39.6 Å². The molecule has 4 heterocycles. The number of halogens is 1. The van der Waals surface area contributed by atoms with E-state index in [2.05, 4.69) is 25.6 Å². The average molecular weight is 500 g/mol. The van der Waals surface area contributed by atoms with E-state index < -0.39 is 5.41 Å². The number of benzene rings is 1. The SMILES string of the molecule is CC(NC(=O)c1nc(-c2nn(Cc3ccccc3F)c3ncccc23)nc2c1C(C)(C)C(=O)N2)C1CC1. The number of anilines is 1. The van der Waals surface area contributed by atoms with Crippen LogP contribution in [0.25, 0.3) is 22.6 Å². The predicted octanol–water partition coefficient (Wildman–Crippen LogP) is 3.83. The summed E-state index contributed by atoms with van der Waals surface area (Å²) in [6, 6.07) is 10.1. The van der Waals surface area contributed by atoms with Gasteiger partial charge >= 0.3 is 0 Å². The standard InChI is InChI=1S/C27H26FN7O2/c1-14(15-10-11-15)30-25(36)21-19-22(33-26(37)27(19,2)3)32-23(31-21)20-17-8-6-12-29-24(17)35(34-20)13-16-7-4-5-9-18(16)28/h4-9,12,14-15H,10-11,13H2,1-3H3,(H,30,36)(H,31,32,33,37). The third-order valence-corrected chi connectivity index (χ3v) is 7.23. The number of fused-ring (bicyclic) bond motifs is 2. The molecule has 0 radical (unpaired) electrons. The van der Waals surface area contributed by atoms with Crippen LogP contribution in [0.15, 0.2) is 42.6 Å². The molecule has 1 saturated carbocycles. The molecule has 2 amide bonds. The third-order valence-electron chi connectivity index (χ3n) is 7.23. The monoisotopic (exact) mass is 499 g/mol. The number of amides is 2. The molecule has 0 bridgehead atoms. The number of hydrogen-bond acceptors (Lipinski definition) is 6. The molecule has 6 rings (SSSR count). The van der Waals surface area contributed by atoms with Crippen molar-refractivity contribution in [3.05, 3.63) is 65.2 Å². The molecule has 3 aromatic heterocycles. The smallest absolute Gasteiger partial charge is 0.270 e. The van der Waals surface area contributed by atoms with Gasteiger partial charge in [-0.1, -0.05) is 18.2 Å². The maximum absolute atomic E-state index is 14.4. The zero-order valence-electron chi connectivity index (χ0n) is 20.7. The fraction of sp³-hybridized carbons (Fsp3) is 0.333. The van der Waals surface area contributed by atoms with Crippen LogP contribution >= 0.6 is 0 Å². The molecule has 1 aliphatic heterocycles. The number of carbonyl (C=O) groups excluding carboxylic acids is 2. The molecule has 0 spiro atoms. The first-order valence-corrected chi connectivity index (χ1v) is 12.3. The lowest BCUT2D eigenvalue weighted by molar-refractivity contribution is -0.119. The van der Waals surface area contributed by atoms with Gasteiger partial charge in [0.15, 0.2) is 11.5 Å². The van der Waals surface area contributed by atoms with Crippen LogP contribution in [0.5, 0.6) is 0 Å². The van der Waals surface area contributed by atoms with E-state index >= 15 is 0 Å². The first-order valence-electron chi connectivity index (χ1n) is 12.3. The lowest BCUT2D eigenvalue weighted by Gasteiger charge is -2.19. The number of hydrogen-bond donors (Lipinski definition) is 2. The van der Waals surface area contributed by atoms with E-state index in [-0.39, 0.29) is 41.7 Å². The molecule has 1 unspecified atom stereocenters. The third kappa shape index (κ3) is 3.92. The molecule has 10 heteroatoms. The van der Waals surface area contributed by atoms with Crippen molar-refractivity contribution in [1.82, 2.24) is 30.0 Å². The highest BCUT2D eigenvalue weighted by atomic mass is 19.1. The Hall–Kier alpha value is -4.21. The number of nitrogens with zero attached hydrogens (tertiary/aromatic N) is 5. The molecule has 1 atom stereocenters. The number of rotatable bonds is 6. The van der Waals surface area contributed by atoms with Gasteiger partial charge in [-0.2, -0.15) is 5.10 Å². The van der Waals surface area contributed by atoms with Crippen LogP contribution in [0.4, 0.5) is 10.2 Å². The van der Waals surface area contributed by atoms with Crippen molar-refractivity contribution in [1.29, 1.82) is 0 Å². The number of aromatic nitrogens is 5. The molecule has 9 nitrogen and oxygen atoms in total. The van der Waals surface area contributed by atoms with Gasteiger partial charge in [-0.25, -0.2) is 24.0 Å². The Morgan fingerprint density at radius 2 is 2.00 bits per heavy atom. The highest BCUT2D eigenvalue weighted by Gasteiger charge is 2.44.